The Morgan fingerprint density at radius 3 is 2.62 bits per heavy atom. The fraction of sp³-hybridized carbons (Fsp3) is 0.308. The average molecular weight is 318 g/mol. The fourth-order valence-corrected chi connectivity index (χ4v) is 2.11. The molecule has 4 nitrogen and oxygen atoms in total. The average Bonchev–Trinajstić information content (AvgIpc) is 2.44. The van der Waals surface area contributed by atoms with Gasteiger partial charge in [-0.15, -0.1) is 11.6 Å². The third-order valence-corrected chi connectivity index (χ3v) is 2.91. The number of benzene rings is 1. The van der Waals surface area contributed by atoms with E-state index in [0.717, 1.165) is 0 Å². The quantitative estimate of drug-likeness (QED) is 0.815. The molecule has 0 saturated heterocycles. The Hall–Kier alpha value is -1.89. The molecule has 0 bridgehead atoms. The lowest BCUT2D eigenvalue weighted by atomic mass is 10.1. The van der Waals surface area contributed by atoms with Gasteiger partial charge in [0.15, 0.2) is 0 Å². The molecule has 0 spiro atoms. The van der Waals surface area contributed by atoms with E-state index in [1.165, 1.54) is 18.5 Å². The summed E-state index contributed by atoms with van der Waals surface area (Å²) in [5.74, 6) is -0.850. The van der Waals surface area contributed by atoms with Crippen LogP contribution in [0.15, 0.2) is 30.6 Å². The second kappa shape index (κ2) is 6.26. The molecule has 0 atom stereocenters. The first kappa shape index (κ1) is 15.5. The van der Waals surface area contributed by atoms with E-state index in [4.69, 9.17) is 11.6 Å². The summed E-state index contributed by atoms with van der Waals surface area (Å²) in [7, 11) is 0. The zero-order chi connectivity index (χ0) is 15.5. The van der Waals surface area contributed by atoms with Gasteiger partial charge in [0, 0.05) is 24.8 Å². The Balaban J connectivity index is 2.39. The van der Waals surface area contributed by atoms with Crippen LogP contribution in [-0.2, 0) is 0 Å². The van der Waals surface area contributed by atoms with Crippen LogP contribution in [0.4, 0.5) is 13.2 Å². The van der Waals surface area contributed by atoms with Crippen molar-refractivity contribution < 1.29 is 18.0 Å². The van der Waals surface area contributed by atoms with E-state index in [-0.39, 0.29) is 23.5 Å². The Labute approximate surface area is 123 Å². The Morgan fingerprint density at radius 2 is 1.95 bits per heavy atom. The molecule has 0 saturated carbocycles. The summed E-state index contributed by atoms with van der Waals surface area (Å²) in [6, 6.07) is 4.61. The van der Waals surface area contributed by atoms with E-state index in [1.807, 2.05) is 0 Å². The van der Waals surface area contributed by atoms with E-state index in [1.54, 1.807) is 12.1 Å². The fourth-order valence-electron chi connectivity index (χ4n) is 1.91. The highest BCUT2D eigenvalue weighted by molar-refractivity contribution is 6.18. The maximum atomic E-state index is 12.6. The lowest BCUT2D eigenvalue weighted by Gasteiger charge is -2.23. The van der Waals surface area contributed by atoms with Crippen molar-refractivity contribution in [3.8, 4) is 0 Å². The van der Waals surface area contributed by atoms with Gasteiger partial charge >= 0.3 is 6.18 Å². The number of alkyl halides is 4. The molecule has 2 aromatic rings. The van der Waals surface area contributed by atoms with Gasteiger partial charge in [-0.1, -0.05) is 6.07 Å². The maximum absolute atomic E-state index is 12.6. The summed E-state index contributed by atoms with van der Waals surface area (Å²) in [5.41, 5.74) is 0.794. The van der Waals surface area contributed by atoms with Crippen LogP contribution in [0.5, 0.6) is 0 Å². The summed E-state index contributed by atoms with van der Waals surface area (Å²) >= 11 is 5.49. The predicted octanol–water partition coefficient (Wildman–Crippen LogP) is 2.87. The molecule has 0 N–H and O–H groups in total. The molecule has 1 heterocycles. The predicted molar refractivity (Wildman–Crippen MR) is 72.2 cm³/mol. The van der Waals surface area contributed by atoms with Gasteiger partial charge in [0.25, 0.3) is 5.91 Å². The van der Waals surface area contributed by atoms with Gasteiger partial charge in [0.1, 0.15) is 12.1 Å². The van der Waals surface area contributed by atoms with Crippen LogP contribution in [0.3, 0.4) is 0 Å². The lowest BCUT2D eigenvalue weighted by molar-refractivity contribution is -0.140. The Kier molecular flexibility index (Phi) is 4.62. The molecule has 0 aliphatic rings. The molecule has 1 aromatic heterocycles. The minimum absolute atomic E-state index is 0.0787. The van der Waals surface area contributed by atoms with Crippen molar-refractivity contribution in [2.75, 3.05) is 19.0 Å². The van der Waals surface area contributed by atoms with E-state index < -0.39 is 18.6 Å². The minimum Gasteiger partial charge on any atom is -0.328 e. The van der Waals surface area contributed by atoms with Crippen LogP contribution in [0, 0.1) is 0 Å². The van der Waals surface area contributed by atoms with Crippen LogP contribution in [0.1, 0.15) is 10.4 Å². The lowest BCUT2D eigenvalue weighted by Crippen LogP contribution is -2.40. The third-order valence-electron chi connectivity index (χ3n) is 2.74. The van der Waals surface area contributed by atoms with E-state index in [2.05, 4.69) is 9.97 Å². The number of halogens is 4. The number of amides is 1. The Bertz CT molecular complexity index is 643. The molecule has 2 rings (SSSR count). The van der Waals surface area contributed by atoms with Gasteiger partial charge in [-0.05, 0) is 12.1 Å². The van der Waals surface area contributed by atoms with Crippen molar-refractivity contribution in [2.24, 2.45) is 0 Å². The van der Waals surface area contributed by atoms with Gasteiger partial charge < -0.3 is 4.90 Å². The summed E-state index contributed by atoms with van der Waals surface area (Å²) in [4.78, 5) is 21.0. The van der Waals surface area contributed by atoms with Crippen molar-refractivity contribution in [1.29, 1.82) is 0 Å². The summed E-state index contributed by atoms with van der Waals surface area (Å²) in [6.45, 7) is -1.55. The molecule has 8 heteroatoms. The highest BCUT2D eigenvalue weighted by atomic mass is 35.5. The normalized spacial score (nSPS) is 11.6. The van der Waals surface area contributed by atoms with Crippen LogP contribution in [0.2, 0.25) is 0 Å². The molecule has 0 fully saturated rings. The molecule has 21 heavy (non-hydrogen) atoms. The number of carbonyl (C=O) groups is 1. The molecule has 112 valence electrons. The standard InChI is InChI=1S/C13H11ClF3N3O/c14-4-7-20(8-13(15,16)17)12(21)9-2-1-3-10-11(9)19-6-5-18-10/h1-3,5-6H,4,7-8H2. The van der Waals surface area contributed by atoms with Gasteiger partial charge in [0.05, 0.1) is 11.1 Å². The maximum Gasteiger partial charge on any atom is 0.406 e. The van der Waals surface area contributed by atoms with Crippen LogP contribution < -0.4 is 0 Å². The number of hydrogen-bond donors (Lipinski definition) is 0. The minimum atomic E-state index is -4.49. The molecule has 0 aliphatic heterocycles. The second-order valence-corrected chi connectivity index (χ2v) is 4.64. The summed E-state index contributed by atoms with van der Waals surface area (Å²) < 4.78 is 37.7. The zero-order valence-corrected chi connectivity index (χ0v) is 11.5. The highest BCUT2D eigenvalue weighted by Crippen LogP contribution is 2.20. The summed E-state index contributed by atoms with van der Waals surface area (Å²) in [5, 5.41) is 0. The van der Waals surface area contributed by atoms with Gasteiger partial charge in [-0.2, -0.15) is 13.2 Å². The zero-order valence-electron chi connectivity index (χ0n) is 10.8. The molecule has 0 radical (unpaired) electrons. The molecule has 0 unspecified atom stereocenters. The monoisotopic (exact) mass is 317 g/mol. The van der Waals surface area contributed by atoms with E-state index in [0.29, 0.717) is 10.4 Å². The van der Waals surface area contributed by atoms with Gasteiger partial charge in [0.2, 0.25) is 0 Å². The first-order chi connectivity index (χ1) is 9.92. The van der Waals surface area contributed by atoms with Crippen LogP contribution in [-0.4, -0.2) is 45.9 Å². The largest absolute Gasteiger partial charge is 0.406 e. The molecular formula is C13H11ClF3N3O. The number of rotatable bonds is 4. The van der Waals surface area contributed by atoms with Gasteiger partial charge in [-0.25, -0.2) is 0 Å². The van der Waals surface area contributed by atoms with Crippen molar-refractivity contribution >= 4 is 28.5 Å². The number of carbonyl (C=O) groups excluding carboxylic acids is 1. The smallest absolute Gasteiger partial charge is 0.328 e. The molecule has 1 amide bonds. The van der Waals surface area contributed by atoms with Crippen molar-refractivity contribution in [1.82, 2.24) is 14.9 Å². The number of para-hydroxylation sites is 1. The topological polar surface area (TPSA) is 46.1 Å². The van der Waals surface area contributed by atoms with Crippen molar-refractivity contribution in [3.05, 3.63) is 36.2 Å². The van der Waals surface area contributed by atoms with Crippen LogP contribution in [0.25, 0.3) is 11.0 Å². The highest BCUT2D eigenvalue weighted by Gasteiger charge is 2.33. The van der Waals surface area contributed by atoms with Crippen molar-refractivity contribution in [3.63, 3.8) is 0 Å². The van der Waals surface area contributed by atoms with E-state index in [9.17, 15) is 18.0 Å². The second-order valence-electron chi connectivity index (χ2n) is 4.26. The van der Waals surface area contributed by atoms with E-state index >= 15 is 0 Å². The Morgan fingerprint density at radius 1 is 1.24 bits per heavy atom. The van der Waals surface area contributed by atoms with Crippen LogP contribution >= 0.6 is 11.6 Å². The molecule has 0 aliphatic carbocycles. The first-order valence-electron chi connectivity index (χ1n) is 6.04. The number of aromatic nitrogens is 2. The summed E-state index contributed by atoms with van der Waals surface area (Å²) in [6.07, 6.45) is -1.66. The first-order valence-corrected chi connectivity index (χ1v) is 6.57. The van der Waals surface area contributed by atoms with Gasteiger partial charge in [-0.3, -0.25) is 14.8 Å². The number of nitrogens with zero attached hydrogens (tertiary/aromatic N) is 3. The van der Waals surface area contributed by atoms with Crippen molar-refractivity contribution in [2.45, 2.75) is 6.18 Å². The SMILES string of the molecule is O=C(c1cccc2nccnc12)N(CCCl)CC(F)(F)F. The number of fused-ring (bicyclic) bond motifs is 1. The molecular weight excluding hydrogens is 307 g/mol. The third kappa shape index (κ3) is 3.81. The molecule has 1 aromatic carbocycles. The number of hydrogen-bond acceptors (Lipinski definition) is 3.